The van der Waals surface area contributed by atoms with E-state index in [1.165, 1.54) is 0 Å². The van der Waals surface area contributed by atoms with Gasteiger partial charge in [-0.05, 0) is 86.8 Å². The van der Waals surface area contributed by atoms with Crippen LogP contribution in [0.2, 0.25) is 0 Å². The maximum Gasteiger partial charge on any atom is 0.161 e. The molecule has 0 aliphatic heterocycles. The van der Waals surface area contributed by atoms with Gasteiger partial charge >= 0.3 is 0 Å². The molecule has 0 radical (unpaired) electrons. The lowest BCUT2D eigenvalue weighted by atomic mass is 10.2. The predicted molar refractivity (Wildman–Crippen MR) is 255 cm³/mol. The van der Waals surface area contributed by atoms with Gasteiger partial charge in [-0.25, -0.2) is 0 Å². The summed E-state index contributed by atoms with van der Waals surface area (Å²) in [5, 5.41) is 9.39. The molecule has 364 valence electrons. The minimum absolute atomic E-state index is 0.0633. The first-order valence-electron chi connectivity index (χ1n) is 22.6. The van der Waals surface area contributed by atoms with Gasteiger partial charge in [-0.1, -0.05) is 36.4 Å². The van der Waals surface area contributed by atoms with Crippen molar-refractivity contribution in [2.24, 2.45) is 0 Å². The molecule has 0 aliphatic rings. The second kappa shape index (κ2) is 46.1. The van der Waals surface area contributed by atoms with Crippen molar-refractivity contribution in [3.8, 4) is 23.0 Å². The maximum absolute atomic E-state index is 9.39. The molecule has 1 N–H and O–H groups in total. The van der Waals surface area contributed by atoms with Crippen LogP contribution in [-0.4, -0.2) is 137 Å². The van der Waals surface area contributed by atoms with Crippen molar-refractivity contribution in [3.05, 3.63) is 98.1 Å². The summed E-state index contributed by atoms with van der Waals surface area (Å²) in [7, 11) is 0. The van der Waals surface area contributed by atoms with Crippen LogP contribution in [0.3, 0.4) is 0 Å². The molecule has 2 aromatic rings. The first-order chi connectivity index (χ1) is 31.6. The van der Waals surface area contributed by atoms with Gasteiger partial charge in [0, 0.05) is 32.3 Å². The Morgan fingerprint density at radius 2 is 0.625 bits per heavy atom. The number of unbranched alkanes of at least 4 members (excludes halogenated alkanes) is 4. The van der Waals surface area contributed by atoms with Crippen LogP contribution in [0.1, 0.15) is 62.5 Å². The lowest BCUT2D eigenvalue weighted by Gasteiger charge is -2.14. The minimum Gasteiger partial charge on any atom is -0.487 e. The average Bonchev–Trinajstić information content (AvgIpc) is 3.32. The number of ether oxygens (including phenoxy) is 12. The lowest BCUT2D eigenvalue weighted by molar-refractivity contribution is 0.0326. The van der Waals surface area contributed by atoms with Crippen molar-refractivity contribution in [3.63, 3.8) is 0 Å². The summed E-state index contributed by atoms with van der Waals surface area (Å²) in [4.78, 5) is 0. The lowest BCUT2D eigenvalue weighted by Crippen LogP contribution is -2.13. The minimum atomic E-state index is -0.0633. The number of hydrogen-bond donors (Lipinski definition) is 1. The van der Waals surface area contributed by atoms with Crippen LogP contribution in [0, 0.1) is 0 Å². The summed E-state index contributed by atoms with van der Waals surface area (Å²) in [6.45, 7) is 25.4. The smallest absolute Gasteiger partial charge is 0.161 e. The molecule has 0 aromatic heterocycles. The Morgan fingerprint density at radius 1 is 0.359 bits per heavy atom. The first-order valence-corrected chi connectivity index (χ1v) is 23.2. The van der Waals surface area contributed by atoms with Gasteiger partial charge in [0.05, 0.1) is 85.9 Å². The molecule has 0 unspecified atom stereocenters. The van der Waals surface area contributed by atoms with Crippen LogP contribution >= 0.6 is 11.6 Å². The van der Waals surface area contributed by atoms with Crippen LogP contribution < -0.4 is 18.9 Å². The number of alkyl halides is 1. The molecule has 64 heavy (non-hydrogen) atoms. The Morgan fingerprint density at radius 3 is 0.922 bits per heavy atom. The highest BCUT2D eigenvalue weighted by molar-refractivity contribution is 6.17. The summed E-state index contributed by atoms with van der Waals surface area (Å²) < 4.78 is 67.3. The molecule has 0 saturated carbocycles. The van der Waals surface area contributed by atoms with Crippen molar-refractivity contribution in [1.29, 1.82) is 0 Å². The van der Waals surface area contributed by atoms with Crippen LogP contribution in [0.5, 0.6) is 23.0 Å². The Hall–Kier alpha value is -3.47. The van der Waals surface area contributed by atoms with Gasteiger partial charge in [-0.3, -0.25) is 0 Å². The van der Waals surface area contributed by atoms with Crippen molar-refractivity contribution < 1.29 is 61.9 Å². The van der Waals surface area contributed by atoms with Crippen LogP contribution in [0.4, 0.5) is 0 Å². The summed E-state index contributed by atoms with van der Waals surface area (Å²) in [6.07, 6.45) is 15.4. The number of halogens is 1. The van der Waals surface area contributed by atoms with E-state index in [9.17, 15) is 5.11 Å². The summed E-state index contributed by atoms with van der Waals surface area (Å²) >= 11 is 5.95. The van der Waals surface area contributed by atoms with Crippen molar-refractivity contribution >= 4 is 11.6 Å². The highest BCUT2D eigenvalue weighted by Crippen LogP contribution is 2.30. The van der Waals surface area contributed by atoms with Crippen LogP contribution in [0.15, 0.2) is 87.0 Å². The molecular formula is C50H79ClO13. The SMILES string of the molecule is C=CCCCOCCOCCOc1ccc(CCl)cc1OCCOCCOCCCC=C.C=CCCCOCCOCCOc1ccc(CO)cc1OCCOCCOCCCC=C. The summed E-state index contributed by atoms with van der Waals surface area (Å²) in [5.74, 6) is 2.90. The number of benzene rings is 2. The number of aliphatic hydroxyl groups is 1. The second-order valence-corrected chi connectivity index (χ2v) is 14.1. The van der Waals surface area contributed by atoms with E-state index in [2.05, 4.69) is 26.3 Å². The first kappa shape index (κ1) is 58.5. The molecule has 0 fully saturated rings. The molecule has 14 heteroatoms. The zero-order valence-corrected chi connectivity index (χ0v) is 39.3. The molecule has 0 bridgehead atoms. The highest BCUT2D eigenvalue weighted by atomic mass is 35.5. The van der Waals surface area contributed by atoms with Gasteiger partial charge in [-0.15, -0.1) is 37.9 Å². The quantitative estimate of drug-likeness (QED) is 0.0385. The van der Waals surface area contributed by atoms with Gasteiger partial charge in [0.15, 0.2) is 23.0 Å². The second-order valence-electron chi connectivity index (χ2n) is 13.9. The fraction of sp³-hybridized carbons (Fsp3) is 0.600. The predicted octanol–water partition coefficient (Wildman–Crippen LogP) is 9.12. The van der Waals surface area contributed by atoms with Crippen LogP contribution in [0.25, 0.3) is 0 Å². The molecule has 0 heterocycles. The molecule has 0 spiro atoms. The van der Waals surface area contributed by atoms with E-state index in [1.807, 2.05) is 42.5 Å². The summed E-state index contributed by atoms with van der Waals surface area (Å²) in [5.41, 5.74) is 1.72. The molecule has 0 aliphatic carbocycles. The van der Waals surface area contributed by atoms with E-state index < -0.39 is 0 Å². The van der Waals surface area contributed by atoms with Crippen LogP contribution in [-0.2, 0) is 50.4 Å². The zero-order chi connectivity index (χ0) is 46.2. The van der Waals surface area contributed by atoms with E-state index in [-0.39, 0.29) is 6.61 Å². The Bertz CT molecular complexity index is 1290. The third-order valence-electron chi connectivity index (χ3n) is 8.57. The molecular weight excluding hydrogens is 844 g/mol. The normalized spacial score (nSPS) is 10.8. The molecule has 0 atom stereocenters. The van der Waals surface area contributed by atoms with Gasteiger partial charge < -0.3 is 61.9 Å². The van der Waals surface area contributed by atoms with E-state index in [4.69, 9.17) is 68.4 Å². The summed E-state index contributed by atoms with van der Waals surface area (Å²) in [6, 6.07) is 11.1. The van der Waals surface area contributed by atoms with E-state index in [0.717, 1.165) is 82.3 Å². The van der Waals surface area contributed by atoms with Gasteiger partial charge in [0.1, 0.15) is 26.4 Å². The van der Waals surface area contributed by atoms with Gasteiger partial charge in [0.25, 0.3) is 0 Å². The number of rotatable bonds is 46. The van der Waals surface area contributed by atoms with E-state index in [0.29, 0.717) is 141 Å². The van der Waals surface area contributed by atoms with Crippen molar-refractivity contribution in [1.82, 2.24) is 0 Å². The molecule has 2 aromatic carbocycles. The van der Waals surface area contributed by atoms with Gasteiger partial charge in [0.2, 0.25) is 0 Å². The highest BCUT2D eigenvalue weighted by Gasteiger charge is 2.09. The number of aliphatic hydroxyl groups excluding tert-OH is 1. The Labute approximate surface area is 389 Å². The fourth-order valence-electron chi connectivity index (χ4n) is 5.20. The Balaban J connectivity index is 0.000000640. The fourth-order valence-corrected chi connectivity index (χ4v) is 5.37. The van der Waals surface area contributed by atoms with Crippen molar-refractivity contribution in [2.75, 3.05) is 132 Å². The topological polar surface area (TPSA) is 131 Å². The Kier molecular flexibility index (Phi) is 42.1. The molecule has 2 rings (SSSR count). The zero-order valence-electron chi connectivity index (χ0n) is 38.5. The van der Waals surface area contributed by atoms with E-state index in [1.54, 1.807) is 18.2 Å². The largest absolute Gasteiger partial charge is 0.487 e. The third kappa shape index (κ3) is 34.9. The molecule has 0 amide bonds. The average molecular weight is 924 g/mol. The van der Waals surface area contributed by atoms with E-state index >= 15 is 0 Å². The van der Waals surface area contributed by atoms with Crippen molar-refractivity contribution in [2.45, 2.75) is 63.9 Å². The molecule has 0 saturated heterocycles. The number of hydrogen-bond acceptors (Lipinski definition) is 13. The molecule has 13 nitrogen and oxygen atoms in total. The van der Waals surface area contributed by atoms with Gasteiger partial charge in [-0.2, -0.15) is 0 Å². The number of allylic oxidation sites excluding steroid dienone is 4. The standard InChI is InChI=1S/C25H39ClO6.C25H40O7/c2*1-3-5-7-11-27-13-15-29-17-19-31-24-10-9-23(22-26)21-25(24)32-20-18-30-16-14-28-12-8-6-4-2/h3-4,9-10,21H,1-2,5-8,11-20,22H2;3-4,9-10,21,26H,1-2,5-8,11-20,22H2. The monoisotopic (exact) mass is 923 g/mol. The third-order valence-corrected chi connectivity index (χ3v) is 8.88. The maximum atomic E-state index is 9.39.